The van der Waals surface area contributed by atoms with Crippen molar-refractivity contribution in [1.29, 1.82) is 5.26 Å². The van der Waals surface area contributed by atoms with E-state index in [1.165, 1.54) is 23.4 Å². The lowest BCUT2D eigenvalue weighted by molar-refractivity contribution is 0.200. The van der Waals surface area contributed by atoms with Crippen molar-refractivity contribution in [1.82, 2.24) is 14.3 Å². The zero-order valence-corrected chi connectivity index (χ0v) is 19.4. The van der Waals surface area contributed by atoms with Crippen LogP contribution in [0.3, 0.4) is 0 Å². The Bertz CT molecular complexity index is 1360. The van der Waals surface area contributed by atoms with Gasteiger partial charge in [0, 0.05) is 32.7 Å². The number of imidazole rings is 1. The number of anilines is 1. The van der Waals surface area contributed by atoms with Crippen molar-refractivity contribution in [2.45, 2.75) is 25.7 Å². The van der Waals surface area contributed by atoms with Gasteiger partial charge in [0.15, 0.2) is 5.65 Å². The van der Waals surface area contributed by atoms with Crippen molar-refractivity contribution in [2.24, 2.45) is 0 Å². The van der Waals surface area contributed by atoms with Crippen LogP contribution in [0.5, 0.6) is 5.75 Å². The zero-order valence-electron chi connectivity index (χ0n) is 19.4. The van der Waals surface area contributed by atoms with Gasteiger partial charge in [0.05, 0.1) is 16.6 Å². The van der Waals surface area contributed by atoms with Crippen molar-refractivity contribution < 1.29 is 4.74 Å². The first kappa shape index (κ1) is 21.0. The molecule has 0 radical (unpaired) electrons. The maximum Gasteiger partial charge on any atom is 0.157 e. The van der Waals surface area contributed by atoms with Crippen LogP contribution < -0.4 is 9.64 Å². The summed E-state index contributed by atoms with van der Waals surface area (Å²) in [5.74, 6) is 2.19. The van der Waals surface area contributed by atoms with Crippen LogP contribution in [0.1, 0.15) is 29.5 Å². The number of nitrogens with zero attached hydrogens (tertiary/aromatic N) is 5. The summed E-state index contributed by atoms with van der Waals surface area (Å²) in [6.45, 7) is 5.56. The number of aromatic nitrogens is 2. The summed E-state index contributed by atoms with van der Waals surface area (Å²) in [5.41, 5.74) is 6.23. The fourth-order valence-corrected chi connectivity index (χ4v) is 5.55. The second-order valence-electron chi connectivity index (χ2n) is 9.22. The molecule has 3 heterocycles. The number of ether oxygens (including phenoxy) is 1. The van der Waals surface area contributed by atoms with Crippen LogP contribution >= 0.6 is 0 Å². The molecule has 1 aliphatic heterocycles. The van der Waals surface area contributed by atoms with Crippen molar-refractivity contribution in [3.05, 3.63) is 71.3 Å². The molecule has 2 aliphatic rings. The molecular formula is C28H29N5O. The lowest BCUT2D eigenvalue weighted by Crippen LogP contribution is -2.48. The first-order valence-corrected chi connectivity index (χ1v) is 12.3. The molecule has 2 aromatic heterocycles. The highest BCUT2D eigenvalue weighted by atomic mass is 16.5. The number of hydrogen-bond acceptors (Lipinski definition) is 5. The number of piperazine rings is 1. The molecule has 0 unspecified atom stereocenters. The molecule has 0 bridgehead atoms. The number of rotatable bonds is 5. The van der Waals surface area contributed by atoms with Crippen LogP contribution in [0.4, 0.5) is 5.82 Å². The minimum Gasteiger partial charge on any atom is -0.492 e. The molecule has 1 saturated heterocycles. The lowest BCUT2D eigenvalue weighted by Gasteiger charge is -2.38. The van der Waals surface area contributed by atoms with Gasteiger partial charge in [-0.05, 0) is 61.1 Å². The Balaban J connectivity index is 1.30. The second-order valence-corrected chi connectivity index (χ2v) is 9.22. The van der Waals surface area contributed by atoms with E-state index < -0.39 is 0 Å². The number of pyridine rings is 1. The Hall–Kier alpha value is -3.56. The first-order chi connectivity index (χ1) is 16.8. The van der Waals surface area contributed by atoms with Gasteiger partial charge >= 0.3 is 0 Å². The SMILES string of the molecule is N#Cc1c2c(c(N3CCN(CCOc4ccccc4)CC3)n3c1nc1ccccc13)CCCC2. The lowest BCUT2D eigenvalue weighted by atomic mass is 9.88. The Kier molecular flexibility index (Phi) is 5.56. The smallest absolute Gasteiger partial charge is 0.157 e. The van der Waals surface area contributed by atoms with Crippen molar-refractivity contribution in [3.8, 4) is 11.8 Å². The summed E-state index contributed by atoms with van der Waals surface area (Å²) in [7, 11) is 0. The van der Waals surface area contributed by atoms with Gasteiger partial charge in [-0.15, -0.1) is 0 Å². The minimum absolute atomic E-state index is 0.701. The predicted molar refractivity (Wildman–Crippen MR) is 135 cm³/mol. The van der Waals surface area contributed by atoms with Gasteiger partial charge in [0.2, 0.25) is 0 Å². The molecule has 0 amide bonds. The molecule has 0 atom stereocenters. The molecule has 34 heavy (non-hydrogen) atoms. The summed E-state index contributed by atoms with van der Waals surface area (Å²) in [6.07, 6.45) is 4.33. The molecule has 0 N–H and O–H groups in total. The number of hydrogen-bond donors (Lipinski definition) is 0. The van der Waals surface area contributed by atoms with Crippen LogP contribution in [-0.4, -0.2) is 53.6 Å². The molecular weight excluding hydrogens is 422 g/mol. The first-order valence-electron chi connectivity index (χ1n) is 12.3. The monoisotopic (exact) mass is 451 g/mol. The highest BCUT2D eigenvalue weighted by molar-refractivity contribution is 5.86. The third-order valence-electron chi connectivity index (χ3n) is 7.24. The average molecular weight is 452 g/mol. The summed E-state index contributed by atoms with van der Waals surface area (Å²) in [4.78, 5) is 9.93. The summed E-state index contributed by atoms with van der Waals surface area (Å²) in [6, 6.07) is 20.8. The van der Waals surface area contributed by atoms with Crippen LogP contribution in [0, 0.1) is 11.3 Å². The summed E-state index contributed by atoms with van der Waals surface area (Å²) in [5, 5.41) is 10.1. The molecule has 1 aliphatic carbocycles. The Morgan fingerprint density at radius 3 is 2.41 bits per heavy atom. The third kappa shape index (κ3) is 3.66. The molecule has 1 fully saturated rings. The Morgan fingerprint density at radius 1 is 0.882 bits per heavy atom. The van der Waals surface area contributed by atoms with Gasteiger partial charge in [0.25, 0.3) is 0 Å². The van der Waals surface area contributed by atoms with Gasteiger partial charge in [-0.25, -0.2) is 4.98 Å². The fourth-order valence-electron chi connectivity index (χ4n) is 5.55. The van der Waals surface area contributed by atoms with Crippen LogP contribution in [0.2, 0.25) is 0 Å². The maximum absolute atomic E-state index is 10.1. The van der Waals surface area contributed by atoms with Gasteiger partial charge < -0.3 is 9.64 Å². The quantitative estimate of drug-likeness (QED) is 0.449. The molecule has 4 aromatic rings. The molecule has 172 valence electrons. The number of benzene rings is 2. The predicted octanol–water partition coefficient (Wildman–Crippen LogP) is 4.44. The third-order valence-corrected chi connectivity index (χ3v) is 7.24. The van der Waals surface area contributed by atoms with Gasteiger partial charge in [-0.2, -0.15) is 5.26 Å². The van der Waals surface area contributed by atoms with E-state index in [2.05, 4.69) is 38.5 Å². The Labute approximate surface area is 200 Å². The number of nitriles is 1. The molecule has 2 aromatic carbocycles. The number of fused-ring (bicyclic) bond motifs is 4. The topological polar surface area (TPSA) is 56.8 Å². The van der Waals surface area contributed by atoms with Crippen molar-refractivity contribution in [3.63, 3.8) is 0 Å². The fraction of sp³-hybridized carbons (Fsp3) is 0.357. The van der Waals surface area contributed by atoms with Gasteiger partial charge in [-0.1, -0.05) is 30.3 Å². The highest BCUT2D eigenvalue weighted by Crippen LogP contribution is 2.37. The average Bonchev–Trinajstić information content (AvgIpc) is 3.27. The zero-order chi connectivity index (χ0) is 22.9. The maximum atomic E-state index is 10.1. The van der Waals surface area contributed by atoms with Crippen LogP contribution in [0.25, 0.3) is 16.7 Å². The van der Waals surface area contributed by atoms with Crippen molar-refractivity contribution >= 4 is 22.5 Å². The van der Waals surface area contributed by atoms with E-state index in [-0.39, 0.29) is 0 Å². The van der Waals surface area contributed by atoms with Gasteiger partial charge in [-0.3, -0.25) is 9.30 Å². The minimum atomic E-state index is 0.701. The standard InChI is InChI=1S/C28H29N5O/c29-20-24-22-10-4-5-11-23(22)28(33-26-13-7-6-12-25(26)30-27(24)33)32-16-14-31(15-17-32)18-19-34-21-8-2-1-3-9-21/h1-3,6-9,12-13H,4-5,10-11,14-19H2. The Morgan fingerprint density at radius 2 is 1.62 bits per heavy atom. The molecule has 0 saturated carbocycles. The second kappa shape index (κ2) is 9.00. The van der Waals surface area contributed by atoms with Gasteiger partial charge in [0.1, 0.15) is 24.2 Å². The molecule has 6 rings (SSSR count). The summed E-state index contributed by atoms with van der Waals surface area (Å²) >= 11 is 0. The highest BCUT2D eigenvalue weighted by Gasteiger charge is 2.29. The van der Waals surface area contributed by atoms with E-state index in [0.717, 1.165) is 80.0 Å². The van der Waals surface area contributed by atoms with E-state index in [1.807, 2.05) is 36.4 Å². The van der Waals surface area contributed by atoms with Crippen molar-refractivity contribution in [2.75, 3.05) is 44.2 Å². The van der Waals surface area contributed by atoms with E-state index in [9.17, 15) is 5.26 Å². The van der Waals surface area contributed by atoms with E-state index in [4.69, 9.17) is 9.72 Å². The molecule has 6 heteroatoms. The molecule has 0 spiro atoms. The van der Waals surface area contributed by atoms with Crippen LogP contribution in [0.15, 0.2) is 54.6 Å². The normalized spacial score (nSPS) is 16.5. The largest absolute Gasteiger partial charge is 0.492 e. The van der Waals surface area contributed by atoms with E-state index in [1.54, 1.807) is 0 Å². The molecule has 6 nitrogen and oxygen atoms in total. The van der Waals surface area contributed by atoms with E-state index >= 15 is 0 Å². The van der Waals surface area contributed by atoms with Crippen LogP contribution in [-0.2, 0) is 12.8 Å². The summed E-state index contributed by atoms with van der Waals surface area (Å²) < 4.78 is 8.19. The van der Waals surface area contributed by atoms with E-state index in [0.29, 0.717) is 6.61 Å². The number of para-hydroxylation sites is 3.